The Kier molecular flexibility index (Phi) is 5.90. The summed E-state index contributed by atoms with van der Waals surface area (Å²) < 4.78 is 45.4. The molecule has 0 aromatic heterocycles. The second kappa shape index (κ2) is 6.16. The molecule has 0 heterocycles. The van der Waals surface area contributed by atoms with E-state index >= 15 is 0 Å². The third-order valence-corrected chi connectivity index (χ3v) is 4.01. The Labute approximate surface area is 95.6 Å². The lowest BCUT2D eigenvalue weighted by molar-refractivity contribution is -0.120. The SMILES string of the molecule is CNS(=O)(=O)CCNC(=O)CCS(C)(=O)=O. The number of sulfonamides is 1. The Balaban J connectivity index is 3.84. The minimum absolute atomic E-state index is 0.0359. The fraction of sp³-hybridized carbons (Fsp3) is 0.857. The van der Waals surface area contributed by atoms with Crippen LogP contribution in [0.1, 0.15) is 6.42 Å². The summed E-state index contributed by atoms with van der Waals surface area (Å²) in [6.07, 6.45) is 0.879. The van der Waals surface area contributed by atoms with Crippen LogP contribution in [0.4, 0.5) is 0 Å². The highest BCUT2D eigenvalue weighted by Crippen LogP contribution is 1.89. The summed E-state index contributed by atoms with van der Waals surface area (Å²) in [7, 11) is -5.23. The van der Waals surface area contributed by atoms with E-state index in [0.29, 0.717) is 0 Å². The van der Waals surface area contributed by atoms with Crippen LogP contribution in [0.2, 0.25) is 0 Å². The van der Waals surface area contributed by atoms with Gasteiger partial charge in [0.25, 0.3) is 0 Å². The first-order valence-corrected chi connectivity index (χ1v) is 8.23. The maximum absolute atomic E-state index is 11.1. The molecule has 0 aliphatic carbocycles. The number of carbonyl (C=O) groups excluding carboxylic acids is 1. The minimum atomic E-state index is -3.34. The summed E-state index contributed by atoms with van der Waals surface area (Å²) in [5, 5.41) is 2.32. The van der Waals surface area contributed by atoms with Crippen molar-refractivity contribution < 1.29 is 21.6 Å². The van der Waals surface area contributed by atoms with E-state index in [1.54, 1.807) is 0 Å². The van der Waals surface area contributed by atoms with E-state index < -0.39 is 25.8 Å². The first kappa shape index (κ1) is 15.3. The van der Waals surface area contributed by atoms with Crippen molar-refractivity contribution in [2.24, 2.45) is 0 Å². The lowest BCUT2D eigenvalue weighted by Crippen LogP contribution is -2.33. The van der Waals surface area contributed by atoms with E-state index in [-0.39, 0.29) is 24.5 Å². The Hall–Kier alpha value is -0.670. The van der Waals surface area contributed by atoms with Crippen LogP contribution in [0.25, 0.3) is 0 Å². The lowest BCUT2D eigenvalue weighted by atomic mass is 10.4. The van der Waals surface area contributed by atoms with E-state index in [1.165, 1.54) is 7.05 Å². The Bertz CT molecular complexity index is 426. The zero-order valence-electron chi connectivity index (χ0n) is 9.19. The summed E-state index contributed by atoms with van der Waals surface area (Å²) in [4.78, 5) is 11.1. The molecule has 0 aromatic rings. The van der Waals surface area contributed by atoms with E-state index in [1.807, 2.05) is 0 Å². The number of carbonyl (C=O) groups is 1. The molecule has 7 nitrogen and oxygen atoms in total. The normalized spacial score (nSPS) is 12.4. The van der Waals surface area contributed by atoms with Gasteiger partial charge in [0.15, 0.2) is 0 Å². The van der Waals surface area contributed by atoms with Crippen LogP contribution >= 0.6 is 0 Å². The van der Waals surface area contributed by atoms with Crippen molar-refractivity contribution in [1.29, 1.82) is 0 Å². The molecule has 1 amide bonds. The fourth-order valence-corrected chi connectivity index (χ4v) is 1.92. The van der Waals surface area contributed by atoms with Crippen LogP contribution in [-0.4, -0.2) is 54.1 Å². The van der Waals surface area contributed by atoms with Gasteiger partial charge in [-0.3, -0.25) is 4.79 Å². The molecule has 0 bridgehead atoms. The topological polar surface area (TPSA) is 109 Å². The van der Waals surface area contributed by atoms with E-state index in [0.717, 1.165) is 6.26 Å². The van der Waals surface area contributed by atoms with Gasteiger partial charge in [-0.2, -0.15) is 0 Å². The zero-order valence-corrected chi connectivity index (χ0v) is 10.8. The summed E-state index contributed by atoms with van der Waals surface area (Å²) in [6, 6.07) is 0. The van der Waals surface area contributed by atoms with Gasteiger partial charge < -0.3 is 5.32 Å². The van der Waals surface area contributed by atoms with Crippen LogP contribution in [0.15, 0.2) is 0 Å². The molecule has 0 rings (SSSR count). The van der Waals surface area contributed by atoms with Gasteiger partial charge in [0.1, 0.15) is 9.84 Å². The molecule has 0 fully saturated rings. The van der Waals surface area contributed by atoms with Crippen molar-refractivity contribution in [3.05, 3.63) is 0 Å². The molecule has 9 heteroatoms. The number of amides is 1. The fourth-order valence-electron chi connectivity index (χ4n) is 0.793. The zero-order chi connectivity index (χ0) is 12.8. The van der Waals surface area contributed by atoms with E-state index in [2.05, 4.69) is 10.0 Å². The van der Waals surface area contributed by atoms with Crippen LogP contribution < -0.4 is 10.0 Å². The first-order chi connectivity index (χ1) is 7.16. The van der Waals surface area contributed by atoms with Crippen molar-refractivity contribution in [2.45, 2.75) is 6.42 Å². The van der Waals surface area contributed by atoms with Gasteiger partial charge in [-0.1, -0.05) is 0 Å². The van der Waals surface area contributed by atoms with Crippen LogP contribution in [0.5, 0.6) is 0 Å². The number of rotatable bonds is 7. The molecular formula is C7H16N2O5S2. The van der Waals surface area contributed by atoms with Gasteiger partial charge in [-0.05, 0) is 7.05 Å². The highest BCUT2D eigenvalue weighted by Gasteiger charge is 2.10. The molecule has 0 aliphatic rings. The highest BCUT2D eigenvalue weighted by molar-refractivity contribution is 7.90. The second-order valence-electron chi connectivity index (χ2n) is 3.25. The summed E-state index contributed by atoms with van der Waals surface area (Å²) in [5.74, 6) is -0.942. The van der Waals surface area contributed by atoms with Crippen molar-refractivity contribution >= 4 is 25.8 Å². The number of hydrogen-bond acceptors (Lipinski definition) is 5. The Morgan fingerprint density at radius 1 is 1.12 bits per heavy atom. The third kappa shape index (κ3) is 8.62. The largest absolute Gasteiger partial charge is 0.355 e. The molecule has 0 unspecified atom stereocenters. The lowest BCUT2D eigenvalue weighted by Gasteiger charge is -2.04. The van der Waals surface area contributed by atoms with Crippen molar-refractivity contribution in [3.8, 4) is 0 Å². The minimum Gasteiger partial charge on any atom is -0.355 e. The molecule has 16 heavy (non-hydrogen) atoms. The Morgan fingerprint density at radius 2 is 1.69 bits per heavy atom. The number of sulfone groups is 1. The van der Waals surface area contributed by atoms with Crippen LogP contribution in [-0.2, 0) is 24.7 Å². The third-order valence-electron chi connectivity index (χ3n) is 1.70. The predicted molar refractivity (Wildman–Crippen MR) is 60.2 cm³/mol. The maximum atomic E-state index is 11.1. The number of nitrogens with one attached hydrogen (secondary N) is 2. The van der Waals surface area contributed by atoms with Crippen molar-refractivity contribution in [3.63, 3.8) is 0 Å². The molecule has 96 valence electrons. The molecule has 2 N–H and O–H groups in total. The summed E-state index contributed by atoms with van der Waals surface area (Å²) >= 11 is 0. The van der Waals surface area contributed by atoms with Gasteiger partial charge in [-0.25, -0.2) is 21.6 Å². The molecule has 0 aliphatic heterocycles. The average molecular weight is 272 g/mol. The molecule has 0 radical (unpaired) electrons. The first-order valence-electron chi connectivity index (χ1n) is 4.52. The van der Waals surface area contributed by atoms with Crippen molar-refractivity contribution in [2.75, 3.05) is 31.4 Å². The summed E-state index contributed by atoms with van der Waals surface area (Å²) in [5.41, 5.74) is 0. The smallest absolute Gasteiger partial charge is 0.221 e. The molecule has 0 aromatic carbocycles. The van der Waals surface area contributed by atoms with Gasteiger partial charge >= 0.3 is 0 Å². The van der Waals surface area contributed by atoms with Crippen LogP contribution in [0, 0.1) is 0 Å². The summed E-state index contributed by atoms with van der Waals surface area (Å²) in [6.45, 7) is -0.0359. The molecule has 0 saturated carbocycles. The average Bonchev–Trinajstić information content (AvgIpc) is 2.13. The maximum Gasteiger partial charge on any atom is 0.221 e. The molecular weight excluding hydrogens is 256 g/mol. The van der Waals surface area contributed by atoms with E-state index in [4.69, 9.17) is 0 Å². The van der Waals surface area contributed by atoms with Gasteiger partial charge in [-0.15, -0.1) is 0 Å². The van der Waals surface area contributed by atoms with Gasteiger partial charge in [0, 0.05) is 19.2 Å². The monoisotopic (exact) mass is 272 g/mol. The van der Waals surface area contributed by atoms with Crippen LogP contribution in [0.3, 0.4) is 0 Å². The predicted octanol–water partition coefficient (Wildman–Crippen LogP) is -1.91. The molecule has 0 spiro atoms. The van der Waals surface area contributed by atoms with Gasteiger partial charge in [0.2, 0.25) is 15.9 Å². The quantitative estimate of drug-likeness (QED) is 0.562. The van der Waals surface area contributed by atoms with E-state index in [9.17, 15) is 21.6 Å². The van der Waals surface area contributed by atoms with Crippen molar-refractivity contribution in [1.82, 2.24) is 10.0 Å². The highest BCUT2D eigenvalue weighted by atomic mass is 32.2. The molecule has 0 saturated heterocycles. The standard InChI is InChI=1S/C7H16N2O5S2/c1-8-16(13,14)6-4-9-7(10)3-5-15(2,11)12/h8H,3-6H2,1-2H3,(H,9,10). The molecule has 0 atom stereocenters. The second-order valence-corrected chi connectivity index (χ2v) is 7.56. The van der Waals surface area contributed by atoms with Gasteiger partial charge in [0.05, 0.1) is 11.5 Å². The number of hydrogen-bond donors (Lipinski definition) is 2. The Morgan fingerprint density at radius 3 is 2.12 bits per heavy atom.